The Morgan fingerprint density at radius 3 is 2.41 bits per heavy atom. The maximum atomic E-state index is 14.7. The number of aliphatic hydroxyl groups is 3. The molecule has 3 fully saturated rings. The van der Waals surface area contributed by atoms with Crippen LogP contribution < -0.4 is 5.73 Å². The first-order valence-electron chi connectivity index (χ1n) is 22.0. The summed E-state index contributed by atoms with van der Waals surface area (Å²) in [6.45, 7) is 14.9. The van der Waals surface area contributed by atoms with Crippen LogP contribution in [-0.2, 0) is 44.8 Å². The quantitative estimate of drug-likeness (QED) is 0.151. The third-order valence-corrected chi connectivity index (χ3v) is 14.0. The Morgan fingerprint density at radius 2 is 1.81 bits per heavy atom. The summed E-state index contributed by atoms with van der Waals surface area (Å²) in [7, 11) is 3.69. The number of cyclic esters (lactones) is 1. The van der Waals surface area contributed by atoms with Gasteiger partial charge in [-0.05, 0) is 97.9 Å². The van der Waals surface area contributed by atoms with Crippen LogP contribution in [0.5, 0.6) is 0 Å². The lowest BCUT2D eigenvalue weighted by molar-refractivity contribution is -0.296. The fourth-order valence-corrected chi connectivity index (χ4v) is 10.1. The van der Waals surface area contributed by atoms with E-state index in [1.54, 1.807) is 45.3 Å². The molecule has 0 aliphatic carbocycles. The number of fused-ring (bicyclic) bond motifs is 5. The van der Waals surface area contributed by atoms with Gasteiger partial charge in [0, 0.05) is 47.2 Å². The number of ketones is 1. The molecule has 13 atom stereocenters. The molecule has 18 heteroatoms. The smallest absolute Gasteiger partial charge is 0.346 e. The third kappa shape index (κ3) is 11.4. The molecule has 5 heterocycles. The van der Waals surface area contributed by atoms with Crippen LogP contribution in [0.4, 0.5) is 5.82 Å². The lowest BCUT2D eigenvalue weighted by atomic mass is 9.68. The standard InChI is InChI=1S/C45H68N6O11S/c1-12-33-44(8,56)31-17-16-30(50-59-22-29-15-14-28(20-47-29)40-48-34(46)23-63-40)21-58-43(7,19-24(3)36(26(31)5)49-35(52)13-2)39(27(6)38(54)45(9,57)42(55)61-33)62-41-37(53)32(51(10)11)18-25(4)60-41/h14-15,20,23-27,31-33,37,39,41,53,56-57H,12-13,16-19,21-22,46H2,1-11H3/b49-36+,50-30+/t24-,25-,26-,27+,31-,32+,33-,37-,39-,41+,43-,44+,45+/m1/s1. The van der Waals surface area contributed by atoms with Crippen LogP contribution in [-0.4, -0.2) is 134 Å². The van der Waals surface area contributed by atoms with Crippen LogP contribution in [0.2, 0.25) is 0 Å². The molecule has 5 rings (SSSR count). The van der Waals surface area contributed by atoms with E-state index in [1.165, 1.54) is 18.3 Å². The molecular weight excluding hydrogens is 833 g/mol. The number of carbonyl (C=O) groups is 3. The van der Waals surface area contributed by atoms with Crippen LogP contribution in [0.1, 0.15) is 107 Å². The van der Waals surface area contributed by atoms with E-state index >= 15 is 0 Å². The van der Waals surface area contributed by atoms with Crippen molar-refractivity contribution in [3.05, 3.63) is 29.4 Å². The van der Waals surface area contributed by atoms with E-state index in [9.17, 15) is 29.7 Å². The molecule has 3 saturated heterocycles. The van der Waals surface area contributed by atoms with Crippen molar-refractivity contribution < 1.29 is 53.5 Å². The number of hydrogen-bond acceptors (Lipinski definition) is 17. The summed E-state index contributed by atoms with van der Waals surface area (Å²) in [5.41, 5.74) is 2.20. The molecule has 2 aromatic heterocycles. The number of aromatic nitrogens is 2. The van der Waals surface area contributed by atoms with Crippen LogP contribution in [0.15, 0.2) is 33.9 Å². The van der Waals surface area contributed by atoms with Crippen molar-refractivity contribution in [3.8, 4) is 10.6 Å². The molecule has 5 N–H and O–H groups in total. The highest BCUT2D eigenvalue weighted by molar-refractivity contribution is 7.13. The molecule has 3 aliphatic heterocycles. The first kappa shape index (κ1) is 50.3. The van der Waals surface area contributed by atoms with Crippen molar-refractivity contribution in [2.45, 2.75) is 161 Å². The van der Waals surface area contributed by atoms with Crippen LogP contribution in [0.3, 0.4) is 0 Å². The van der Waals surface area contributed by atoms with Crippen molar-refractivity contribution in [3.63, 3.8) is 0 Å². The molecule has 3 aliphatic rings. The number of esters is 1. The van der Waals surface area contributed by atoms with E-state index in [-0.39, 0.29) is 63.4 Å². The van der Waals surface area contributed by atoms with E-state index in [1.807, 2.05) is 45.8 Å². The summed E-state index contributed by atoms with van der Waals surface area (Å²) >= 11 is 1.41. The lowest BCUT2D eigenvalue weighted by Gasteiger charge is -2.48. The maximum Gasteiger partial charge on any atom is 0.346 e. The number of likely N-dealkylation sites (N-methyl/N-ethyl adjacent to an activating group) is 1. The van der Waals surface area contributed by atoms with Crippen LogP contribution in [0, 0.1) is 23.7 Å². The number of nitrogens with two attached hydrogens (primary N) is 1. The van der Waals surface area contributed by atoms with Gasteiger partial charge in [0.2, 0.25) is 11.5 Å². The number of thiazole rings is 1. The summed E-state index contributed by atoms with van der Waals surface area (Å²) in [5, 5.41) is 43.2. The average Bonchev–Trinajstić information content (AvgIpc) is 3.67. The van der Waals surface area contributed by atoms with Gasteiger partial charge in [0.1, 0.15) is 28.6 Å². The number of pyridine rings is 1. The van der Waals surface area contributed by atoms with E-state index in [4.69, 9.17) is 29.5 Å². The Bertz CT molecular complexity index is 1970. The Kier molecular flexibility index (Phi) is 16.4. The minimum atomic E-state index is -2.69. The van der Waals surface area contributed by atoms with Crippen molar-refractivity contribution in [2.24, 2.45) is 33.8 Å². The van der Waals surface area contributed by atoms with Crippen molar-refractivity contribution >= 4 is 46.2 Å². The predicted octanol–water partition coefficient (Wildman–Crippen LogP) is 4.74. The number of anilines is 1. The summed E-state index contributed by atoms with van der Waals surface area (Å²) in [6.07, 6.45) is -2.26. The molecule has 350 valence electrons. The molecule has 0 radical (unpaired) electrons. The van der Waals surface area contributed by atoms with Crippen molar-refractivity contribution in [1.29, 1.82) is 0 Å². The van der Waals surface area contributed by atoms with Crippen LogP contribution in [0.25, 0.3) is 10.6 Å². The van der Waals surface area contributed by atoms with Gasteiger partial charge < -0.3 is 49.7 Å². The number of Topliss-reactive ketones (excluding diaryl/α,β-unsaturated/α-hetero) is 1. The zero-order valence-corrected chi connectivity index (χ0v) is 39.4. The zero-order chi connectivity index (χ0) is 46.6. The number of amides is 1. The second kappa shape index (κ2) is 20.6. The Morgan fingerprint density at radius 1 is 1.10 bits per heavy atom. The summed E-state index contributed by atoms with van der Waals surface area (Å²) in [4.78, 5) is 63.3. The van der Waals surface area contributed by atoms with Crippen LogP contribution >= 0.6 is 11.3 Å². The first-order valence-corrected chi connectivity index (χ1v) is 22.9. The molecule has 0 unspecified atom stereocenters. The number of nitrogens with zero attached hydrogens (tertiary/aromatic N) is 5. The minimum Gasteiger partial charge on any atom is -0.457 e. The summed E-state index contributed by atoms with van der Waals surface area (Å²) < 4.78 is 25.9. The van der Waals surface area contributed by atoms with Crippen molar-refractivity contribution in [1.82, 2.24) is 14.9 Å². The number of hydrogen-bond donors (Lipinski definition) is 4. The molecule has 0 spiro atoms. The number of nitrogen functional groups attached to an aromatic ring is 1. The fraction of sp³-hybridized carbons (Fsp3) is 0.711. The van der Waals surface area contributed by atoms with E-state index in [2.05, 4.69) is 20.1 Å². The summed E-state index contributed by atoms with van der Waals surface area (Å²) in [6, 6.07) is 3.30. The van der Waals surface area contributed by atoms with Gasteiger partial charge in [0.25, 0.3) is 0 Å². The molecule has 0 aromatic carbocycles. The normalized spacial score (nSPS) is 37.6. The van der Waals surface area contributed by atoms with Crippen molar-refractivity contribution in [2.75, 3.05) is 26.4 Å². The van der Waals surface area contributed by atoms with E-state index in [0.717, 1.165) is 17.5 Å². The highest BCUT2D eigenvalue weighted by Crippen LogP contribution is 2.43. The molecule has 1 amide bonds. The molecular formula is C45H68N6O11S. The average molecular weight is 901 g/mol. The number of aliphatic hydroxyl groups excluding tert-OH is 1. The van der Waals surface area contributed by atoms with Gasteiger partial charge in [0.05, 0.1) is 35.8 Å². The second-order valence-corrected chi connectivity index (χ2v) is 19.2. The van der Waals surface area contributed by atoms with Gasteiger partial charge in [-0.25, -0.2) is 14.8 Å². The van der Waals surface area contributed by atoms with Gasteiger partial charge in [-0.1, -0.05) is 39.8 Å². The molecule has 0 saturated carbocycles. The van der Waals surface area contributed by atoms with Gasteiger partial charge in [-0.15, -0.1) is 11.3 Å². The molecule has 17 nitrogen and oxygen atoms in total. The minimum absolute atomic E-state index is 0.00786. The number of rotatable bonds is 9. The Balaban J connectivity index is 1.66. The van der Waals surface area contributed by atoms with Gasteiger partial charge in [0.15, 0.2) is 18.7 Å². The number of aliphatic imine (C=N–C) groups is 1. The Hall–Kier alpha value is -3.75. The topological polar surface area (TPSA) is 238 Å². The lowest BCUT2D eigenvalue weighted by Crippen LogP contribution is -2.61. The first-order chi connectivity index (χ1) is 29.5. The van der Waals surface area contributed by atoms with E-state index in [0.29, 0.717) is 29.4 Å². The molecule has 2 bridgehead atoms. The SMILES string of the molecule is CCC(=O)/N=C1\[C@H](C)C[C@@]2(C)OC/C(=N/OCc3ccc(-c4nc(N)cs4)cn3)CC[C@H]([C@H]1C)[C@](C)(O)[C@@H](CC)OC(=O)[C@@](C)(O)C(=O)[C@H](C)[C@H]2O[C@@H]1O[C@H](C)C[C@H](N(C)C)[C@H]1O. The molecule has 2 aromatic rings. The predicted molar refractivity (Wildman–Crippen MR) is 238 cm³/mol. The second-order valence-electron chi connectivity index (χ2n) is 18.4. The van der Waals surface area contributed by atoms with E-state index < -0.39 is 76.8 Å². The largest absolute Gasteiger partial charge is 0.457 e. The number of ether oxygens (including phenoxy) is 4. The van der Waals surface area contributed by atoms with Gasteiger partial charge in [-0.3, -0.25) is 14.6 Å². The number of carbonyl (C=O) groups excluding carboxylic acids is 3. The zero-order valence-electron chi connectivity index (χ0n) is 38.6. The highest BCUT2D eigenvalue weighted by atomic mass is 32.1. The number of oxime groups is 1. The molecule has 63 heavy (non-hydrogen) atoms. The maximum absolute atomic E-state index is 14.7. The fourth-order valence-electron chi connectivity index (χ4n) is 9.44. The Labute approximate surface area is 374 Å². The van der Waals surface area contributed by atoms with Gasteiger partial charge >= 0.3 is 5.97 Å². The monoisotopic (exact) mass is 900 g/mol. The highest BCUT2D eigenvalue weighted by Gasteiger charge is 2.55. The van der Waals surface area contributed by atoms with Gasteiger partial charge in [-0.2, -0.15) is 0 Å². The third-order valence-electron chi connectivity index (χ3n) is 13.1. The summed E-state index contributed by atoms with van der Waals surface area (Å²) in [5.74, 6) is -5.20.